The Kier molecular flexibility index (Phi) is 12.9. The lowest BCUT2D eigenvalue weighted by Gasteiger charge is -2.25. The lowest BCUT2D eigenvalue weighted by atomic mass is 9.96. The van der Waals surface area contributed by atoms with Crippen molar-refractivity contribution in [3.05, 3.63) is 72.3 Å². The lowest BCUT2D eigenvalue weighted by Crippen LogP contribution is -2.46. The topological polar surface area (TPSA) is 162 Å². The number of amides is 3. The number of fused-ring (bicyclic) bond motifs is 1. The standard InChI is InChI=1S/C30H36N4O5S.C2HF3O2/c1-3-34(4-2)30(37)27(19-21-9-12-25(13-10-21)32-28(35)23-15-17-31-18-16-23)29(36)33-40(38,39)26-14-11-22-7-5-6-8-24(22)20-26;3-2(4,5)1(6)7/h5-14,20,23,27,31H,3-4,15-19H2,1-2H3,(H,32,35)(H,33,36);(H,6,7). The van der Waals surface area contributed by atoms with Crippen LogP contribution >= 0.6 is 0 Å². The Morgan fingerprint density at radius 2 is 1.51 bits per heavy atom. The van der Waals surface area contributed by atoms with Crippen LogP contribution in [0.4, 0.5) is 18.9 Å². The maximum absolute atomic E-state index is 13.4. The smallest absolute Gasteiger partial charge is 0.475 e. The van der Waals surface area contributed by atoms with Crippen LogP contribution in [-0.4, -0.2) is 74.5 Å². The Hall–Kier alpha value is -4.50. The molecule has 4 N–H and O–H groups in total. The van der Waals surface area contributed by atoms with E-state index in [4.69, 9.17) is 9.90 Å². The number of sulfonamides is 1. The third-order valence-electron chi connectivity index (χ3n) is 7.57. The summed E-state index contributed by atoms with van der Waals surface area (Å²) in [4.78, 5) is 49.6. The highest BCUT2D eigenvalue weighted by molar-refractivity contribution is 7.90. The second-order valence-electron chi connectivity index (χ2n) is 10.8. The van der Waals surface area contributed by atoms with Crippen LogP contribution < -0.4 is 15.4 Å². The summed E-state index contributed by atoms with van der Waals surface area (Å²) in [6.45, 7) is 6.02. The van der Waals surface area contributed by atoms with Crippen molar-refractivity contribution in [1.82, 2.24) is 14.9 Å². The number of carboxylic acid groups (broad SMARTS) is 1. The van der Waals surface area contributed by atoms with Gasteiger partial charge in [-0.1, -0.05) is 42.5 Å². The van der Waals surface area contributed by atoms with Crippen LogP contribution in [0.1, 0.15) is 32.3 Å². The zero-order chi connectivity index (χ0) is 34.8. The summed E-state index contributed by atoms with van der Waals surface area (Å²) < 4.78 is 60.2. The number of carboxylic acids is 1. The van der Waals surface area contributed by atoms with Crippen molar-refractivity contribution in [3.63, 3.8) is 0 Å². The molecule has 1 aliphatic heterocycles. The molecule has 1 atom stereocenters. The number of nitrogens with zero attached hydrogens (tertiary/aromatic N) is 1. The van der Waals surface area contributed by atoms with Gasteiger partial charge in [-0.15, -0.1) is 0 Å². The molecule has 47 heavy (non-hydrogen) atoms. The maximum atomic E-state index is 13.4. The predicted octanol–water partition coefficient (Wildman–Crippen LogP) is 3.94. The second kappa shape index (κ2) is 16.4. The largest absolute Gasteiger partial charge is 0.490 e. The van der Waals surface area contributed by atoms with Gasteiger partial charge < -0.3 is 20.6 Å². The lowest BCUT2D eigenvalue weighted by molar-refractivity contribution is -0.192. The number of anilines is 1. The molecular formula is C32H37F3N4O7S. The molecule has 4 rings (SSSR count). The van der Waals surface area contributed by atoms with Gasteiger partial charge in [0.15, 0.2) is 0 Å². The van der Waals surface area contributed by atoms with Crippen molar-refractivity contribution in [2.75, 3.05) is 31.5 Å². The number of rotatable bonds is 10. The second-order valence-corrected chi connectivity index (χ2v) is 12.4. The van der Waals surface area contributed by atoms with E-state index >= 15 is 0 Å². The molecule has 1 aliphatic rings. The van der Waals surface area contributed by atoms with Gasteiger partial charge in [0.1, 0.15) is 5.92 Å². The van der Waals surface area contributed by atoms with Crippen LogP contribution in [0.3, 0.4) is 0 Å². The molecule has 3 amide bonds. The number of aliphatic carboxylic acids is 1. The van der Waals surface area contributed by atoms with E-state index < -0.39 is 39.9 Å². The number of benzene rings is 3. The highest BCUT2D eigenvalue weighted by atomic mass is 32.2. The summed E-state index contributed by atoms with van der Waals surface area (Å²) >= 11 is 0. The minimum absolute atomic E-state index is 0.0108. The third-order valence-corrected chi connectivity index (χ3v) is 8.91. The number of hydrogen-bond donors (Lipinski definition) is 4. The van der Waals surface area contributed by atoms with Gasteiger partial charge in [-0.3, -0.25) is 14.4 Å². The average Bonchev–Trinajstić information content (AvgIpc) is 3.04. The van der Waals surface area contributed by atoms with Gasteiger partial charge in [0.25, 0.3) is 10.0 Å². The molecular weight excluding hydrogens is 641 g/mol. The number of piperidine rings is 1. The summed E-state index contributed by atoms with van der Waals surface area (Å²) in [5, 5.41) is 14.9. The number of alkyl halides is 3. The predicted molar refractivity (Wildman–Crippen MR) is 169 cm³/mol. The fourth-order valence-electron chi connectivity index (χ4n) is 4.93. The molecule has 1 unspecified atom stereocenters. The first kappa shape index (κ1) is 37.0. The summed E-state index contributed by atoms with van der Waals surface area (Å²) in [5.74, 6) is -5.39. The quantitative estimate of drug-likeness (QED) is 0.235. The highest BCUT2D eigenvalue weighted by Gasteiger charge is 2.38. The number of carbonyl (C=O) groups excluding carboxylic acids is 3. The van der Waals surface area contributed by atoms with E-state index in [9.17, 15) is 36.0 Å². The number of nitrogens with one attached hydrogen (secondary N) is 3. The van der Waals surface area contributed by atoms with Crippen LogP contribution in [0, 0.1) is 11.8 Å². The molecule has 254 valence electrons. The van der Waals surface area contributed by atoms with Gasteiger partial charge in [0.05, 0.1) is 4.90 Å². The van der Waals surface area contributed by atoms with E-state index in [1.165, 1.54) is 17.0 Å². The average molecular weight is 679 g/mol. The minimum Gasteiger partial charge on any atom is -0.475 e. The molecule has 0 aliphatic carbocycles. The SMILES string of the molecule is CCN(CC)C(=O)C(Cc1ccc(NC(=O)C2CCNCC2)cc1)C(=O)NS(=O)(=O)c1ccc2ccccc2c1.O=C(O)C(F)(F)F. The first-order valence-electron chi connectivity index (χ1n) is 14.9. The first-order valence-corrected chi connectivity index (χ1v) is 16.4. The molecule has 1 heterocycles. The van der Waals surface area contributed by atoms with Gasteiger partial charge in [0.2, 0.25) is 17.7 Å². The van der Waals surface area contributed by atoms with Gasteiger partial charge in [-0.2, -0.15) is 13.2 Å². The van der Waals surface area contributed by atoms with Crippen LogP contribution in [0.5, 0.6) is 0 Å². The fraction of sp³-hybridized carbons (Fsp3) is 0.375. The molecule has 0 bridgehead atoms. The van der Waals surface area contributed by atoms with E-state index in [1.54, 1.807) is 42.5 Å². The van der Waals surface area contributed by atoms with Gasteiger partial charge in [-0.25, -0.2) is 17.9 Å². The van der Waals surface area contributed by atoms with E-state index in [2.05, 4.69) is 15.4 Å². The minimum atomic E-state index is -5.08. The number of hydrogen-bond acceptors (Lipinski definition) is 7. The first-order chi connectivity index (χ1) is 22.2. The van der Waals surface area contributed by atoms with Crippen molar-refractivity contribution in [3.8, 4) is 0 Å². The Balaban J connectivity index is 0.000000771. The summed E-state index contributed by atoms with van der Waals surface area (Å²) in [7, 11) is -4.21. The van der Waals surface area contributed by atoms with Gasteiger partial charge in [0, 0.05) is 24.7 Å². The Morgan fingerprint density at radius 1 is 0.936 bits per heavy atom. The van der Waals surface area contributed by atoms with Crippen molar-refractivity contribution in [2.24, 2.45) is 11.8 Å². The van der Waals surface area contributed by atoms with Crippen molar-refractivity contribution >= 4 is 50.2 Å². The van der Waals surface area contributed by atoms with E-state index in [-0.39, 0.29) is 23.1 Å². The summed E-state index contributed by atoms with van der Waals surface area (Å²) in [6.07, 6.45) is -3.50. The number of carbonyl (C=O) groups is 4. The zero-order valence-electron chi connectivity index (χ0n) is 25.8. The molecule has 0 spiro atoms. The molecule has 0 saturated carbocycles. The van der Waals surface area contributed by atoms with Crippen LogP contribution in [0.2, 0.25) is 0 Å². The molecule has 1 saturated heterocycles. The normalized spacial score (nSPS) is 14.3. The van der Waals surface area contributed by atoms with Crippen LogP contribution in [0.15, 0.2) is 71.6 Å². The molecule has 3 aromatic carbocycles. The summed E-state index contributed by atoms with van der Waals surface area (Å²) in [6, 6.07) is 18.9. The van der Waals surface area contributed by atoms with Crippen molar-refractivity contribution in [2.45, 2.75) is 44.2 Å². The van der Waals surface area contributed by atoms with Crippen LogP contribution in [-0.2, 0) is 35.6 Å². The number of halogens is 3. The van der Waals surface area contributed by atoms with E-state index in [0.717, 1.165) is 36.7 Å². The highest BCUT2D eigenvalue weighted by Crippen LogP contribution is 2.22. The van der Waals surface area contributed by atoms with Gasteiger partial charge >= 0.3 is 12.1 Å². The van der Waals surface area contributed by atoms with Crippen molar-refractivity contribution < 1.29 is 45.9 Å². The molecule has 0 radical (unpaired) electrons. The van der Waals surface area contributed by atoms with E-state index in [0.29, 0.717) is 24.3 Å². The molecule has 1 fully saturated rings. The van der Waals surface area contributed by atoms with Crippen molar-refractivity contribution in [1.29, 1.82) is 0 Å². The Morgan fingerprint density at radius 3 is 2.06 bits per heavy atom. The molecule has 0 aromatic heterocycles. The Labute approximate surface area is 270 Å². The zero-order valence-corrected chi connectivity index (χ0v) is 26.7. The van der Waals surface area contributed by atoms with Crippen LogP contribution in [0.25, 0.3) is 10.8 Å². The summed E-state index contributed by atoms with van der Waals surface area (Å²) in [5.41, 5.74) is 1.30. The third kappa shape index (κ3) is 10.5. The Bertz CT molecular complexity index is 1670. The van der Waals surface area contributed by atoms with Gasteiger partial charge in [-0.05, 0) is 86.8 Å². The fourth-order valence-corrected chi connectivity index (χ4v) is 5.99. The van der Waals surface area contributed by atoms with E-state index in [1.807, 2.05) is 26.0 Å². The molecule has 11 nitrogen and oxygen atoms in total. The molecule has 3 aromatic rings. The monoisotopic (exact) mass is 678 g/mol. The maximum Gasteiger partial charge on any atom is 0.490 e. The molecule has 15 heteroatoms.